The first-order valence-corrected chi connectivity index (χ1v) is 7.16. The van der Waals surface area contributed by atoms with Gasteiger partial charge >= 0.3 is 5.97 Å². The summed E-state index contributed by atoms with van der Waals surface area (Å²) in [5, 5.41) is 9.41. The number of aromatic nitrogens is 2. The molecule has 0 aliphatic carbocycles. The quantitative estimate of drug-likeness (QED) is 0.803. The minimum Gasteiger partial charge on any atom is -0.466 e. The number of hydrogen-bond donors (Lipinski definition) is 2. The van der Waals surface area contributed by atoms with Crippen molar-refractivity contribution >= 4 is 17.6 Å². The molecule has 2 N–H and O–H groups in total. The zero-order valence-corrected chi connectivity index (χ0v) is 12.7. The van der Waals surface area contributed by atoms with Gasteiger partial charge in [0.15, 0.2) is 5.69 Å². The van der Waals surface area contributed by atoms with Gasteiger partial charge < -0.3 is 10.1 Å². The van der Waals surface area contributed by atoms with E-state index in [1.807, 2.05) is 19.1 Å². The average molecular weight is 301 g/mol. The van der Waals surface area contributed by atoms with Crippen molar-refractivity contribution in [2.24, 2.45) is 0 Å². The van der Waals surface area contributed by atoms with Crippen molar-refractivity contribution in [1.29, 1.82) is 0 Å². The number of benzene rings is 1. The summed E-state index contributed by atoms with van der Waals surface area (Å²) < 4.78 is 4.89. The van der Waals surface area contributed by atoms with Gasteiger partial charge in [-0.2, -0.15) is 5.10 Å². The molecule has 0 bridgehead atoms. The molecule has 1 amide bonds. The minimum absolute atomic E-state index is 0.200. The molecule has 2 rings (SSSR count). The van der Waals surface area contributed by atoms with Crippen LogP contribution in [0.5, 0.6) is 0 Å². The lowest BCUT2D eigenvalue weighted by molar-refractivity contribution is -0.143. The van der Waals surface area contributed by atoms with Crippen molar-refractivity contribution in [2.75, 3.05) is 11.9 Å². The first-order valence-electron chi connectivity index (χ1n) is 7.16. The normalized spacial score (nSPS) is 10.3. The average Bonchev–Trinajstić information content (AvgIpc) is 2.93. The number of nitrogens with one attached hydrogen (secondary N) is 2. The Labute approximate surface area is 128 Å². The molecule has 0 atom stereocenters. The summed E-state index contributed by atoms with van der Waals surface area (Å²) in [5.41, 5.74) is 2.88. The van der Waals surface area contributed by atoms with Crippen LogP contribution in [0.25, 0.3) is 0 Å². The van der Waals surface area contributed by atoms with Crippen molar-refractivity contribution < 1.29 is 14.3 Å². The number of hydrogen-bond acceptors (Lipinski definition) is 4. The molecule has 6 nitrogen and oxygen atoms in total. The van der Waals surface area contributed by atoms with Crippen molar-refractivity contribution in [3.05, 3.63) is 47.3 Å². The van der Waals surface area contributed by atoms with E-state index >= 15 is 0 Å². The fourth-order valence-electron chi connectivity index (χ4n) is 1.96. The maximum Gasteiger partial charge on any atom is 0.306 e. The Morgan fingerprint density at radius 3 is 2.59 bits per heavy atom. The SMILES string of the molecule is CCOC(=O)CCc1ccc(NC(=O)c2cc(C)[nH]n2)cc1. The molecule has 0 radical (unpaired) electrons. The summed E-state index contributed by atoms with van der Waals surface area (Å²) in [4.78, 5) is 23.2. The fraction of sp³-hybridized carbons (Fsp3) is 0.312. The largest absolute Gasteiger partial charge is 0.466 e. The van der Waals surface area contributed by atoms with Crippen LogP contribution in [0, 0.1) is 6.92 Å². The highest BCUT2D eigenvalue weighted by molar-refractivity contribution is 6.02. The number of rotatable bonds is 6. The number of nitrogens with zero attached hydrogens (tertiary/aromatic N) is 1. The molecule has 116 valence electrons. The molecular formula is C16H19N3O3. The summed E-state index contributed by atoms with van der Waals surface area (Å²) >= 11 is 0. The smallest absolute Gasteiger partial charge is 0.306 e. The number of amides is 1. The van der Waals surface area contributed by atoms with E-state index in [0.29, 0.717) is 30.8 Å². The molecule has 1 heterocycles. The summed E-state index contributed by atoms with van der Waals surface area (Å²) in [6.07, 6.45) is 0.970. The first-order chi connectivity index (χ1) is 10.6. The van der Waals surface area contributed by atoms with Crippen LogP contribution in [0.15, 0.2) is 30.3 Å². The molecule has 1 aromatic heterocycles. The van der Waals surface area contributed by atoms with Gasteiger partial charge in [0.25, 0.3) is 5.91 Å². The Bertz CT molecular complexity index is 647. The van der Waals surface area contributed by atoms with E-state index in [4.69, 9.17) is 4.74 Å². The number of carbonyl (C=O) groups excluding carboxylic acids is 2. The number of aromatic amines is 1. The Kier molecular flexibility index (Phi) is 5.30. The Morgan fingerprint density at radius 2 is 2.00 bits per heavy atom. The zero-order valence-electron chi connectivity index (χ0n) is 12.7. The van der Waals surface area contributed by atoms with E-state index in [1.54, 1.807) is 25.1 Å². The molecule has 2 aromatic rings. The van der Waals surface area contributed by atoms with Gasteiger partial charge in [-0.3, -0.25) is 14.7 Å². The topological polar surface area (TPSA) is 84.1 Å². The van der Waals surface area contributed by atoms with Gasteiger partial charge in [-0.25, -0.2) is 0 Å². The van der Waals surface area contributed by atoms with Crippen LogP contribution in [0.4, 0.5) is 5.69 Å². The number of aryl methyl sites for hydroxylation is 2. The standard InChI is InChI=1S/C16H19N3O3/c1-3-22-15(20)9-6-12-4-7-13(8-5-12)17-16(21)14-10-11(2)18-19-14/h4-5,7-8,10H,3,6,9H2,1-2H3,(H,17,21)(H,18,19). The van der Waals surface area contributed by atoms with Crippen LogP contribution < -0.4 is 5.32 Å². The second-order valence-electron chi connectivity index (χ2n) is 4.89. The van der Waals surface area contributed by atoms with E-state index in [1.165, 1.54) is 0 Å². The maximum atomic E-state index is 11.9. The lowest BCUT2D eigenvalue weighted by Gasteiger charge is -2.05. The molecule has 0 aliphatic heterocycles. The maximum absolute atomic E-state index is 11.9. The van der Waals surface area contributed by atoms with E-state index in [9.17, 15) is 9.59 Å². The van der Waals surface area contributed by atoms with Crippen molar-refractivity contribution in [1.82, 2.24) is 10.2 Å². The molecule has 6 heteroatoms. The summed E-state index contributed by atoms with van der Waals surface area (Å²) in [5.74, 6) is -0.461. The third-order valence-corrected chi connectivity index (χ3v) is 3.07. The van der Waals surface area contributed by atoms with Gasteiger partial charge in [-0.05, 0) is 44.0 Å². The van der Waals surface area contributed by atoms with Crippen LogP contribution in [0.2, 0.25) is 0 Å². The lowest BCUT2D eigenvalue weighted by Crippen LogP contribution is -2.12. The Balaban J connectivity index is 1.89. The summed E-state index contributed by atoms with van der Waals surface area (Å²) in [7, 11) is 0. The Morgan fingerprint density at radius 1 is 1.27 bits per heavy atom. The Hall–Kier alpha value is -2.63. The van der Waals surface area contributed by atoms with E-state index in [-0.39, 0.29) is 11.9 Å². The monoisotopic (exact) mass is 301 g/mol. The third kappa shape index (κ3) is 4.44. The van der Waals surface area contributed by atoms with E-state index in [2.05, 4.69) is 15.5 Å². The molecule has 22 heavy (non-hydrogen) atoms. The minimum atomic E-state index is -0.261. The molecule has 0 saturated carbocycles. The second-order valence-corrected chi connectivity index (χ2v) is 4.89. The predicted octanol–water partition coefficient (Wildman–Crippen LogP) is 2.47. The van der Waals surface area contributed by atoms with Gasteiger partial charge in [0.05, 0.1) is 6.61 Å². The summed E-state index contributed by atoms with van der Waals surface area (Å²) in [6.45, 7) is 4.02. The van der Waals surface area contributed by atoms with Crippen LogP contribution in [0.1, 0.15) is 35.1 Å². The first kappa shape index (κ1) is 15.8. The van der Waals surface area contributed by atoms with Gasteiger partial charge in [0, 0.05) is 17.8 Å². The number of anilines is 1. The number of esters is 1. The van der Waals surface area contributed by atoms with Crippen LogP contribution in [-0.4, -0.2) is 28.7 Å². The van der Waals surface area contributed by atoms with Crippen molar-refractivity contribution in [3.8, 4) is 0 Å². The second kappa shape index (κ2) is 7.40. The van der Waals surface area contributed by atoms with Gasteiger partial charge in [-0.15, -0.1) is 0 Å². The molecule has 1 aromatic carbocycles. The van der Waals surface area contributed by atoms with Gasteiger partial charge in [0.2, 0.25) is 0 Å². The molecule has 0 aliphatic rings. The highest BCUT2D eigenvalue weighted by Crippen LogP contribution is 2.12. The number of ether oxygens (including phenoxy) is 1. The van der Waals surface area contributed by atoms with Crippen molar-refractivity contribution in [2.45, 2.75) is 26.7 Å². The molecule has 0 saturated heterocycles. The highest BCUT2D eigenvalue weighted by atomic mass is 16.5. The third-order valence-electron chi connectivity index (χ3n) is 3.07. The predicted molar refractivity (Wildman–Crippen MR) is 82.7 cm³/mol. The van der Waals surface area contributed by atoms with Crippen LogP contribution in [-0.2, 0) is 16.0 Å². The van der Waals surface area contributed by atoms with Gasteiger partial charge in [0.1, 0.15) is 0 Å². The molecule has 0 fully saturated rings. The molecule has 0 unspecified atom stereocenters. The van der Waals surface area contributed by atoms with Crippen molar-refractivity contribution in [3.63, 3.8) is 0 Å². The van der Waals surface area contributed by atoms with E-state index in [0.717, 1.165) is 11.3 Å². The number of H-pyrrole nitrogens is 1. The van der Waals surface area contributed by atoms with E-state index < -0.39 is 0 Å². The number of carbonyl (C=O) groups is 2. The lowest BCUT2D eigenvalue weighted by atomic mass is 10.1. The van der Waals surface area contributed by atoms with Gasteiger partial charge in [-0.1, -0.05) is 12.1 Å². The van der Waals surface area contributed by atoms with Crippen LogP contribution >= 0.6 is 0 Å². The summed E-state index contributed by atoms with van der Waals surface area (Å²) in [6, 6.07) is 9.05. The molecular weight excluding hydrogens is 282 g/mol. The highest BCUT2D eigenvalue weighted by Gasteiger charge is 2.09. The van der Waals surface area contributed by atoms with Crippen LogP contribution in [0.3, 0.4) is 0 Å². The fourth-order valence-corrected chi connectivity index (χ4v) is 1.96. The molecule has 0 spiro atoms. The zero-order chi connectivity index (χ0) is 15.9.